The number of sulfone groups is 1. The van der Waals surface area contributed by atoms with Gasteiger partial charge >= 0.3 is 5.97 Å². The average Bonchev–Trinajstić information content (AvgIpc) is 3.16. The van der Waals surface area contributed by atoms with Gasteiger partial charge in [-0.2, -0.15) is 0 Å². The maximum atomic E-state index is 13.3. The molecule has 2 aliphatic rings. The molecule has 7 heteroatoms. The number of carbonyl (C=O) groups excluding carboxylic acids is 1. The smallest absolute Gasteiger partial charge is 0.310 e. The molecule has 1 N–H and O–H groups in total. The molecule has 0 radical (unpaired) electrons. The van der Waals surface area contributed by atoms with Gasteiger partial charge in [0.15, 0.2) is 9.84 Å². The maximum absolute atomic E-state index is 13.3. The number of carbonyl (C=O) groups is 1. The first-order chi connectivity index (χ1) is 15.5. The molecular weight excluding hydrogens is 438 g/mol. The summed E-state index contributed by atoms with van der Waals surface area (Å²) in [6.07, 6.45) is 5.34. The molecule has 1 heterocycles. The minimum absolute atomic E-state index is 0.236. The largest absolute Gasteiger partial charge is 0.460 e. The van der Waals surface area contributed by atoms with E-state index in [0.717, 1.165) is 12.0 Å². The van der Waals surface area contributed by atoms with Crippen LogP contribution in [-0.2, 0) is 24.2 Å². The van der Waals surface area contributed by atoms with Gasteiger partial charge in [0, 0.05) is 17.7 Å². The van der Waals surface area contributed by atoms with Crippen molar-refractivity contribution in [1.29, 1.82) is 0 Å². The number of hydrogen-bond donors (Lipinski definition) is 1. The van der Waals surface area contributed by atoms with Crippen molar-refractivity contribution in [2.75, 3.05) is 6.26 Å². The second kappa shape index (κ2) is 8.61. The molecule has 1 unspecified atom stereocenters. The van der Waals surface area contributed by atoms with E-state index in [2.05, 4.69) is 5.48 Å². The molecule has 1 spiro atoms. The highest BCUT2D eigenvalue weighted by molar-refractivity contribution is 7.90. The predicted molar refractivity (Wildman–Crippen MR) is 127 cm³/mol. The van der Waals surface area contributed by atoms with Gasteiger partial charge in [-0.1, -0.05) is 48.5 Å². The molecule has 1 saturated carbocycles. The van der Waals surface area contributed by atoms with Gasteiger partial charge in [0.25, 0.3) is 0 Å². The lowest BCUT2D eigenvalue weighted by Crippen LogP contribution is -2.47. The quantitative estimate of drug-likeness (QED) is 0.658. The summed E-state index contributed by atoms with van der Waals surface area (Å²) in [6, 6.07) is 16.7. The Morgan fingerprint density at radius 2 is 1.76 bits per heavy atom. The maximum Gasteiger partial charge on any atom is 0.310 e. The van der Waals surface area contributed by atoms with Crippen molar-refractivity contribution in [2.45, 2.75) is 62.0 Å². The third-order valence-electron chi connectivity index (χ3n) is 6.20. The molecule has 1 fully saturated rings. The SMILES string of the molecule is CC(C)(C)OC(=O)C1CCC[C@]2(C=C(c3ccccc3S(C)(=O)=O)NO2)[C@@H]1c1ccccc1. The van der Waals surface area contributed by atoms with Gasteiger partial charge < -0.3 is 4.74 Å². The number of rotatable bonds is 4. The van der Waals surface area contributed by atoms with Crippen LogP contribution in [0.5, 0.6) is 0 Å². The first kappa shape index (κ1) is 23.5. The molecule has 176 valence electrons. The van der Waals surface area contributed by atoms with Crippen molar-refractivity contribution in [3.8, 4) is 0 Å². The summed E-state index contributed by atoms with van der Waals surface area (Å²) >= 11 is 0. The highest BCUT2D eigenvalue weighted by Gasteiger charge is 2.52. The van der Waals surface area contributed by atoms with E-state index in [9.17, 15) is 13.2 Å². The second-order valence-corrected chi connectivity index (χ2v) is 11.9. The van der Waals surface area contributed by atoms with Crippen molar-refractivity contribution in [1.82, 2.24) is 5.48 Å². The van der Waals surface area contributed by atoms with E-state index < -0.39 is 21.0 Å². The fourth-order valence-corrected chi connectivity index (χ4v) is 5.85. The molecule has 0 aromatic heterocycles. The van der Waals surface area contributed by atoms with Gasteiger partial charge in [0.1, 0.15) is 11.2 Å². The summed E-state index contributed by atoms with van der Waals surface area (Å²) < 4.78 is 30.6. The fourth-order valence-electron chi connectivity index (χ4n) is 4.94. The monoisotopic (exact) mass is 469 g/mol. The Hall–Kier alpha value is -2.64. The van der Waals surface area contributed by atoms with Crippen molar-refractivity contribution in [3.05, 3.63) is 71.8 Å². The minimum Gasteiger partial charge on any atom is -0.460 e. The van der Waals surface area contributed by atoms with Crippen molar-refractivity contribution in [3.63, 3.8) is 0 Å². The van der Waals surface area contributed by atoms with Crippen LogP contribution in [0.4, 0.5) is 0 Å². The molecule has 3 atom stereocenters. The molecule has 2 aromatic rings. The lowest BCUT2D eigenvalue weighted by molar-refractivity contribution is -0.168. The number of nitrogens with one attached hydrogen (secondary N) is 1. The Morgan fingerprint density at radius 1 is 1.09 bits per heavy atom. The topological polar surface area (TPSA) is 81.7 Å². The van der Waals surface area contributed by atoms with Crippen LogP contribution < -0.4 is 5.48 Å². The van der Waals surface area contributed by atoms with Crippen LogP contribution in [0, 0.1) is 5.92 Å². The first-order valence-electron chi connectivity index (χ1n) is 11.2. The van der Waals surface area contributed by atoms with E-state index in [4.69, 9.17) is 9.57 Å². The van der Waals surface area contributed by atoms with E-state index in [1.165, 1.54) is 6.26 Å². The standard InChI is InChI=1S/C26H31NO5S/c1-25(2,3)31-24(28)20-14-10-16-26(23(20)18-11-6-5-7-12-18)17-21(27-32-26)19-13-8-9-15-22(19)33(4,29)30/h5-9,11-13,15,17,20,23,27H,10,14,16H2,1-4H3/t20?,23-,26+/m1/s1. The second-order valence-electron chi connectivity index (χ2n) is 9.91. The van der Waals surface area contributed by atoms with Gasteiger partial charge in [-0.15, -0.1) is 0 Å². The van der Waals surface area contributed by atoms with Gasteiger partial charge in [-0.3, -0.25) is 15.1 Å². The van der Waals surface area contributed by atoms with Crippen LogP contribution in [0.1, 0.15) is 57.1 Å². The normalized spacial score (nSPS) is 25.4. The summed E-state index contributed by atoms with van der Waals surface area (Å²) in [6.45, 7) is 5.61. The lowest BCUT2D eigenvalue weighted by Gasteiger charge is -2.43. The Kier molecular flexibility index (Phi) is 6.14. The Labute approximate surface area is 195 Å². The van der Waals surface area contributed by atoms with Crippen LogP contribution in [0.2, 0.25) is 0 Å². The van der Waals surface area contributed by atoms with Crippen molar-refractivity contribution >= 4 is 21.5 Å². The highest BCUT2D eigenvalue weighted by Crippen LogP contribution is 2.51. The van der Waals surface area contributed by atoms with E-state index in [-0.39, 0.29) is 22.7 Å². The molecule has 2 aromatic carbocycles. The number of benzene rings is 2. The summed E-state index contributed by atoms with van der Waals surface area (Å²) in [4.78, 5) is 19.8. The zero-order chi connectivity index (χ0) is 23.9. The van der Waals surface area contributed by atoms with E-state index >= 15 is 0 Å². The van der Waals surface area contributed by atoms with E-state index in [1.54, 1.807) is 24.3 Å². The van der Waals surface area contributed by atoms with Crippen LogP contribution in [0.15, 0.2) is 65.6 Å². The first-order valence-corrected chi connectivity index (χ1v) is 13.1. The zero-order valence-corrected chi connectivity index (χ0v) is 20.3. The van der Waals surface area contributed by atoms with Gasteiger partial charge in [-0.25, -0.2) is 8.42 Å². The van der Waals surface area contributed by atoms with Gasteiger partial charge in [0.2, 0.25) is 0 Å². The number of ether oxygens (including phenoxy) is 1. The summed E-state index contributed by atoms with van der Waals surface area (Å²) in [5, 5.41) is 0. The lowest BCUT2D eigenvalue weighted by atomic mass is 9.65. The zero-order valence-electron chi connectivity index (χ0n) is 19.5. The van der Waals surface area contributed by atoms with Crippen LogP contribution in [-0.4, -0.2) is 31.8 Å². The molecule has 0 bridgehead atoms. The number of esters is 1. The predicted octanol–water partition coefficient (Wildman–Crippen LogP) is 4.63. The van der Waals surface area contributed by atoms with Crippen LogP contribution in [0.25, 0.3) is 5.70 Å². The number of hydroxylamine groups is 1. The molecule has 1 aliphatic carbocycles. The molecule has 0 saturated heterocycles. The van der Waals surface area contributed by atoms with Gasteiger partial charge in [-0.05, 0) is 57.7 Å². The van der Waals surface area contributed by atoms with E-state index in [0.29, 0.717) is 24.1 Å². The van der Waals surface area contributed by atoms with Crippen LogP contribution in [0.3, 0.4) is 0 Å². The van der Waals surface area contributed by atoms with Gasteiger partial charge in [0.05, 0.1) is 16.5 Å². The highest BCUT2D eigenvalue weighted by atomic mass is 32.2. The molecular formula is C26H31NO5S. The average molecular weight is 470 g/mol. The van der Waals surface area contributed by atoms with E-state index in [1.807, 2.05) is 57.2 Å². The third kappa shape index (κ3) is 4.84. The van der Waals surface area contributed by atoms with Crippen molar-refractivity contribution in [2.24, 2.45) is 5.92 Å². The Balaban J connectivity index is 1.80. The minimum atomic E-state index is -3.43. The fraction of sp³-hybridized carbons (Fsp3) is 0.423. The Morgan fingerprint density at radius 3 is 2.42 bits per heavy atom. The molecule has 33 heavy (non-hydrogen) atoms. The summed E-state index contributed by atoms with van der Waals surface area (Å²) in [5.74, 6) is -0.905. The molecule has 4 rings (SSSR count). The van der Waals surface area contributed by atoms with Crippen LogP contribution >= 0.6 is 0 Å². The third-order valence-corrected chi connectivity index (χ3v) is 7.35. The number of hydrogen-bond acceptors (Lipinski definition) is 6. The van der Waals surface area contributed by atoms with Crippen molar-refractivity contribution < 1.29 is 22.8 Å². The molecule has 6 nitrogen and oxygen atoms in total. The molecule has 1 aliphatic heterocycles. The summed E-state index contributed by atoms with van der Waals surface area (Å²) in [5.41, 5.74) is 3.75. The summed E-state index contributed by atoms with van der Waals surface area (Å²) in [7, 11) is -3.43. The molecule has 0 amide bonds. The Bertz CT molecular complexity index is 1170.